The van der Waals surface area contributed by atoms with Crippen LogP contribution in [-0.4, -0.2) is 9.97 Å². The first kappa shape index (κ1) is 9.87. The minimum atomic E-state index is 0.678. The lowest BCUT2D eigenvalue weighted by Gasteiger charge is -2.03. The molecule has 0 fully saturated rings. The molecular formula is C10H8BrClN2. The highest BCUT2D eigenvalue weighted by molar-refractivity contribution is 9.10. The summed E-state index contributed by atoms with van der Waals surface area (Å²) in [5, 5.41) is 1.56. The van der Waals surface area contributed by atoms with Gasteiger partial charge in [0.2, 0.25) is 0 Å². The maximum absolute atomic E-state index is 6.05. The van der Waals surface area contributed by atoms with Crippen molar-refractivity contribution in [1.29, 1.82) is 0 Å². The smallest absolute Gasteiger partial charge is 0.130 e. The van der Waals surface area contributed by atoms with E-state index in [2.05, 4.69) is 25.9 Å². The van der Waals surface area contributed by atoms with E-state index in [-0.39, 0.29) is 0 Å². The third kappa shape index (κ3) is 1.62. The number of hydrogen-bond donors (Lipinski definition) is 0. The summed E-state index contributed by atoms with van der Waals surface area (Å²) in [5.41, 5.74) is 0.885. The maximum atomic E-state index is 6.05. The van der Waals surface area contributed by atoms with E-state index >= 15 is 0 Å². The minimum absolute atomic E-state index is 0.678. The summed E-state index contributed by atoms with van der Waals surface area (Å²) in [4.78, 5) is 8.69. The van der Waals surface area contributed by atoms with Gasteiger partial charge in [-0.3, -0.25) is 0 Å². The van der Waals surface area contributed by atoms with E-state index in [1.54, 1.807) is 0 Å². The summed E-state index contributed by atoms with van der Waals surface area (Å²) in [5.74, 6) is 0.826. The molecule has 0 atom stereocenters. The van der Waals surface area contributed by atoms with Crippen molar-refractivity contribution in [3.05, 3.63) is 33.6 Å². The Hall–Kier alpha value is -0.670. The molecule has 0 amide bonds. The van der Waals surface area contributed by atoms with E-state index in [0.29, 0.717) is 5.02 Å². The summed E-state index contributed by atoms with van der Waals surface area (Å²) in [7, 11) is 0. The number of aryl methyl sites for hydroxylation is 1. The highest BCUT2D eigenvalue weighted by Gasteiger charge is 2.07. The quantitative estimate of drug-likeness (QED) is 0.741. The fraction of sp³-hybridized carbons (Fsp3) is 0.200. The Morgan fingerprint density at radius 1 is 1.36 bits per heavy atom. The number of fused-ring (bicyclic) bond motifs is 1. The van der Waals surface area contributed by atoms with Crippen LogP contribution in [0.5, 0.6) is 0 Å². The van der Waals surface area contributed by atoms with Crippen molar-refractivity contribution in [2.75, 3.05) is 0 Å². The van der Waals surface area contributed by atoms with E-state index in [1.165, 1.54) is 0 Å². The first-order valence-corrected chi connectivity index (χ1v) is 5.50. The topological polar surface area (TPSA) is 25.8 Å². The van der Waals surface area contributed by atoms with Crippen LogP contribution >= 0.6 is 27.5 Å². The Kier molecular flexibility index (Phi) is 2.70. The SMILES string of the molecule is CCc1nc(Br)c2c(Cl)cccc2n1. The van der Waals surface area contributed by atoms with Crippen molar-refractivity contribution in [1.82, 2.24) is 9.97 Å². The normalized spacial score (nSPS) is 10.8. The van der Waals surface area contributed by atoms with Crippen LogP contribution in [0.15, 0.2) is 22.8 Å². The molecule has 0 bridgehead atoms. The molecule has 4 heteroatoms. The van der Waals surface area contributed by atoms with Gasteiger partial charge in [0.15, 0.2) is 0 Å². The predicted molar refractivity (Wildman–Crippen MR) is 61.6 cm³/mol. The maximum Gasteiger partial charge on any atom is 0.130 e. The largest absolute Gasteiger partial charge is 0.233 e. The molecule has 2 aromatic rings. The Morgan fingerprint density at radius 2 is 2.14 bits per heavy atom. The predicted octanol–water partition coefficient (Wildman–Crippen LogP) is 3.61. The van der Waals surface area contributed by atoms with Gasteiger partial charge in [0.05, 0.1) is 15.9 Å². The molecule has 72 valence electrons. The third-order valence-corrected chi connectivity index (χ3v) is 2.88. The van der Waals surface area contributed by atoms with E-state index < -0.39 is 0 Å². The van der Waals surface area contributed by atoms with Gasteiger partial charge in [-0.05, 0) is 28.1 Å². The van der Waals surface area contributed by atoms with Gasteiger partial charge >= 0.3 is 0 Å². The van der Waals surface area contributed by atoms with Crippen molar-refractivity contribution in [2.45, 2.75) is 13.3 Å². The van der Waals surface area contributed by atoms with Crippen LogP contribution in [0.25, 0.3) is 10.9 Å². The number of rotatable bonds is 1. The molecule has 0 N–H and O–H groups in total. The lowest BCUT2D eigenvalue weighted by molar-refractivity contribution is 0.951. The fourth-order valence-electron chi connectivity index (χ4n) is 1.30. The van der Waals surface area contributed by atoms with Crippen molar-refractivity contribution in [3.8, 4) is 0 Å². The first-order valence-electron chi connectivity index (χ1n) is 4.33. The molecule has 2 nitrogen and oxygen atoms in total. The van der Waals surface area contributed by atoms with Gasteiger partial charge in [0.1, 0.15) is 10.4 Å². The minimum Gasteiger partial charge on any atom is -0.233 e. The molecule has 14 heavy (non-hydrogen) atoms. The molecule has 0 saturated carbocycles. The van der Waals surface area contributed by atoms with Gasteiger partial charge in [0, 0.05) is 6.42 Å². The molecule has 0 spiro atoms. The molecule has 0 aliphatic carbocycles. The van der Waals surface area contributed by atoms with Crippen molar-refractivity contribution in [3.63, 3.8) is 0 Å². The molecule has 1 aromatic carbocycles. The molecule has 1 aromatic heterocycles. The second kappa shape index (κ2) is 3.83. The summed E-state index contributed by atoms with van der Waals surface area (Å²) < 4.78 is 0.768. The van der Waals surface area contributed by atoms with Gasteiger partial charge < -0.3 is 0 Å². The molecule has 0 saturated heterocycles. The molecule has 2 rings (SSSR count). The van der Waals surface area contributed by atoms with E-state index in [4.69, 9.17) is 11.6 Å². The van der Waals surface area contributed by atoms with Crippen LogP contribution in [-0.2, 0) is 6.42 Å². The molecular weight excluding hydrogens is 263 g/mol. The lowest BCUT2D eigenvalue weighted by atomic mass is 10.2. The third-order valence-electron chi connectivity index (χ3n) is 1.99. The number of benzene rings is 1. The molecule has 1 heterocycles. The van der Waals surface area contributed by atoms with E-state index in [0.717, 1.165) is 27.8 Å². The van der Waals surface area contributed by atoms with Crippen LogP contribution in [0.1, 0.15) is 12.7 Å². The van der Waals surface area contributed by atoms with Gasteiger partial charge in [-0.1, -0.05) is 24.6 Å². The summed E-state index contributed by atoms with van der Waals surface area (Å²) in [6.07, 6.45) is 0.820. The fourth-order valence-corrected chi connectivity index (χ4v) is 2.30. The average Bonchev–Trinajstić information content (AvgIpc) is 2.17. The first-order chi connectivity index (χ1) is 6.72. The average molecular weight is 272 g/mol. The second-order valence-electron chi connectivity index (χ2n) is 2.92. The number of hydrogen-bond acceptors (Lipinski definition) is 2. The summed E-state index contributed by atoms with van der Waals surface area (Å²) in [6.45, 7) is 2.03. The second-order valence-corrected chi connectivity index (χ2v) is 4.08. The van der Waals surface area contributed by atoms with Crippen molar-refractivity contribution >= 4 is 38.4 Å². The molecule has 0 radical (unpaired) electrons. The van der Waals surface area contributed by atoms with Crippen LogP contribution in [0.3, 0.4) is 0 Å². The van der Waals surface area contributed by atoms with Crippen LogP contribution < -0.4 is 0 Å². The monoisotopic (exact) mass is 270 g/mol. The summed E-state index contributed by atoms with van der Waals surface area (Å²) in [6, 6.07) is 5.67. The van der Waals surface area contributed by atoms with Crippen LogP contribution in [0.2, 0.25) is 5.02 Å². The zero-order valence-corrected chi connectivity index (χ0v) is 9.93. The van der Waals surface area contributed by atoms with Gasteiger partial charge in [0.25, 0.3) is 0 Å². The van der Waals surface area contributed by atoms with Crippen LogP contribution in [0.4, 0.5) is 0 Å². The van der Waals surface area contributed by atoms with E-state index in [9.17, 15) is 0 Å². The molecule has 0 aliphatic heterocycles. The zero-order valence-electron chi connectivity index (χ0n) is 7.59. The number of halogens is 2. The zero-order chi connectivity index (χ0) is 10.1. The number of aromatic nitrogens is 2. The van der Waals surface area contributed by atoms with Crippen molar-refractivity contribution < 1.29 is 0 Å². The Morgan fingerprint density at radius 3 is 2.86 bits per heavy atom. The molecule has 0 unspecified atom stereocenters. The van der Waals surface area contributed by atoms with Gasteiger partial charge in [-0.2, -0.15) is 0 Å². The molecule has 0 aliphatic rings. The van der Waals surface area contributed by atoms with E-state index in [1.807, 2.05) is 25.1 Å². The van der Waals surface area contributed by atoms with Crippen molar-refractivity contribution in [2.24, 2.45) is 0 Å². The highest BCUT2D eigenvalue weighted by atomic mass is 79.9. The Labute approximate surface area is 95.5 Å². The van der Waals surface area contributed by atoms with Gasteiger partial charge in [-0.15, -0.1) is 0 Å². The summed E-state index contributed by atoms with van der Waals surface area (Å²) >= 11 is 9.45. The van der Waals surface area contributed by atoms with Crippen LogP contribution in [0, 0.1) is 0 Å². The standard InChI is InChI=1S/C10H8BrClN2/c1-2-8-13-7-5-3-4-6(12)9(7)10(11)14-8/h3-5H,2H2,1H3. The highest BCUT2D eigenvalue weighted by Crippen LogP contribution is 2.27. The number of nitrogens with zero attached hydrogens (tertiary/aromatic N) is 2. The lowest BCUT2D eigenvalue weighted by Crippen LogP contribution is -1.94. The van der Waals surface area contributed by atoms with Gasteiger partial charge in [-0.25, -0.2) is 9.97 Å². The Bertz CT molecular complexity index is 485. The Balaban J connectivity index is 2.83.